The lowest BCUT2D eigenvalue weighted by Crippen LogP contribution is -2.55. The van der Waals surface area contributed by atoms with Gasteiger partial charge >= 0.3 is 6.18 Å². The van der Waals surface area contributed by atoms with E-state index >= 15 is 0 Å². The molecule has 306 valence electrons. The van der Waals surface area contributed by atoms with Crippen molar-refractivity contribution in [3.63, 3.8) is 0 Å². The first kappa shape index (κ1) is 44.0. The highest BCUT2D eigenvalue weighted by molar-refractivity contribution is 5.97. The number of benzene rings is 3. The van der Waals surface area contributed by atoms with E-state index in [9.17, 15) is 47.0 Å². The zero-order valence-corrected chi connectivity index (χ0v) is 31.8. The fourth-order valence-corrected chi connectivity index (χ4v) is 6.75. The summed E-state index contributed by atoms with van der Waals surface area (Å²) >= 11 is 0. The molecular weight excluding hydrogens is 745 g/mol. The maximum absolute atomic E-state index is 14.2. The van der Waals surface area contributed by atoms with E-state index in [1.54, 1.807) is 56.3 Å². The van der Waals surface area contributed by atoms with Gasteiger partial charge in [0.1, 0.15) is 17.8 Å². The highest BCUT2D eigenvalue weighted by Gasteiger charge is 2.34. The van der Waals surface area contributed by atoms with E-state index in [4.69, 9.17) is 11.5 Å². The van der Waals surface area contributed by atoms with Crippen LogP contribution in [0.15, 0.2) is 66.7 Å². The molecule has 0 spiro atoms. The molecule has 1 aliphatic rings. The number of nitrogens with two attached hydrogens (primary N) is 2. The van der Waals surface area contributed by atoms with Gasteiger partial charge < -0.3 is 37.8 Å². The number of hydrogen-bond donors (Lipinski definition) is 7. The summed E-state index contributed by atoms with van der Waals surface area (Å²) in [6.07, 6.45) is -5.10. The van der Waals surface area contributed by atoms with Crippen molar-refractivity contribution >= 4 is 35.3 Å². The largest absolute Gasteiger partial charge is 0.508 e. The Kier molecular flexibility index (Phi) is 15.3. The van der Waals surface area contributed by atoms with Gasteiger partial charge in [0.25, 0.3) is 0 Å². The Morgan fingerprint density at radius 3 is 2.12 bits per heavy atom. The van der Waals surface area contributed by atoms with E-state index in [0.29, 0.717) is 23.1 Å². The van der Waals surface area contributed by atoms with Gasteiger partial charge in [-0.05, 0) is 104 Å². The fourth-order valence-electron chi connectivity index (χ4n) is 6.75. The Hall–Kier alpha value is -5.77. The average Bonchev–Trinajstić information content (AvgIpc) is 3.14. The maximum Gasteiger partial charge on any atom is 0.416 e. The standard InChI is InChI=1S/C41H49F3N6O7/c1-23-16-29(51)17-24(2)30(23)21-31(45)39(56)48-32-10-6-7-15-47-36(53)22-34(37(46)54)50-38(55)27(18-25-8-4-3-5-9-25)20-35(52)33(49-40(32)57)19-26-11-13-28(14-12-26)41(42,43)44/h3-5,8-9,11-14,16-17,27,31-34,51H,6-7,10,15,18-22,45H2,1-2H3,(H2,46,54)(H,47,53)(H,48,56)(H,49,57)(H,50,55)/t27-,31-,32+,33-,34-/m0/s1. The second kappa shape index (κ2) is 19.9. The van der Waals surface area contributed by atoms with Crippen LogP contribution in [0.3, 0.4) is 0 Å². The summed E-state index contributed by atoms with van der Waals surface area (Å²) in [6.45, 7) is 3.64. The number of halogens is 3. The Balaban J connectivity index is 1.68. The van der Waals surface area contributed by atoms with E-state index in [1.165, 1.54) is 12.1 Å². The molecule has 0 saturated carbocycles. The number of carbonyl (C=O) groups excluding carboxylic acids is 6. The van der Waals surface area contributed by atoms with Crippen molar-refractivity contribution in [3.8, 4) is 5.75 Å². The number of ketones is 1. The number of alkyl halides is 3. The summed E-state index contributed by atoms with van der Waals surface area (Å²) in [6, 6.07) is 10.7. The van der Waals surface area contributed by atoms with Crippen molar-refractivity contribution in [3.05, 3.63) is 100 Å². The third-order valence-corrected chi connectivity index (χ3v) is 9.94. The number of phenols is 1. The summed E-state index contributed by atoms with van der Waals surface area (Å²) in [5.74, 6) is -5.49. The van der Waals surface area contributed by atoms with Crippen LogP contribution in [-0.2, 0) is 54.2 Å². The number of Topliss-reactive ketones (excluding diaryl/α,β-unsaturated/α-hetero) is 1. The number of aromatic hydroxyl groups is 1. The van der Waals surface area contributed by atoms with Crippen LogP contribution in [-0.4, -0.2) is 71.1 Å². The fraction of sp³-hybridized carbons (Fsp3) is 0.415. The number of rotatable bonds is 9. The summed E-state index contributed by atoms with van der Waals surface area (Å²) in [7, 11) is 0. The number of carbonyl (C=O) groups is 6. The van der Waals surface area contributed by atoms with Gasteiger partial charge in [-0.3, -0.25) is 28.8 Å². The van der Waals surface area contributed by atoms with E-state index in [0.717, 1.165) is 17.7 Å². The van der Waals surface area contributed by atoms with Gasteiger partial charge in [0.2, 0.25) is 29.5 Å². The number of phenolic OH excluding ortho intramolecular Hbond substituents is 1. The minimum Gasteiger partial charge on any atom is -0.508 e. The molecule has 13 nitrogen and oxygen atoms in total. The molecule has 0 radical (unpaired) electrons. The molecule has 0 bridgehead atoms. The molecule has 1 fully saturated rings. The first-order valence-electron chi connectivity index (χ1n) is 18.7. The lowest BCUT2D eigenvalue weighted by molar-refractivity contribution is -0.137. The average molecular weight is 795 g/mol. The summed E-state index contributed by atoms with van der Waals surface area (Å²) in [5, 5.41) is 20.5. The van der Waals surface area contributed by atoms with Crippen LogP contribution in [0.1, 0.15) is 65.5 Å². The molecule has 1 saturated heterocycles. The first-order chi connectivity index (χ1) is 26.9. The van der Waals surface area contributed by atoms with Crippen LogP contribution < -0.4 is 32.7 Å². The van der Waals surface area contributed by atoms with Gasteiger partial charge in [-0.2, -0.15) is 13.2 Å². The molecule has 1 heterocycles. The van der Waals surface area contributed by atoms with Crippen molar-refractivity contribution in [2.24, 2.45) is 17.4 Å². The van der Waals surface area contributed by atoms with E-state index in [2.05, 4.69) is 21.3 Å². The van der Waals surface area contributed by atoms with E-state index in [1.807, 2.05) is 0 Å². The molecule has 4 rings (SSSR count). The Morgan fingerprint density at radius 1 is 0.877 bits per heavy atom. The molecule has 3 aromatic carbocycles. The molecule has 1 aliphatic heterocycles. The van der Waals surface area contributed by atoms with Gasteiger partial charge in [0.15, 0.2) is 5.78 Å². The predicted molar refractivity (Wildman–Crippen MR) is 204 cm³/mol. The smallest absolute Gasteiger partial charge is 0.416 e. The van der Waals surface area contributed by atoms with Crippen LogP contribution in [0.5, 0.6) is 5.75 Å². The van der Waals surface area contributed by atoms with Gasteiger partial charge in [-0.25, -0.2) is 0 Å². The molecule has 0 unspecified atom stereocenters. The highest BCUT2D eigenvalue weighted by Crippen LogP contribution is 2.29. The summed E-state index contributed by atoms with van der Waals surface area (Å²) in [4.78, 5) is 80.7. The molecular formula is C41H49F3N6O7. The van der Waals surface area contributed by atoms with Gasteiger partial charge in [-0.1, -0.05) is 42.5 Å². The molecule has 57 heavy (non-hydrogen) atoms. The summed E-state index contributed by atoms with van der Waals surface area (Å²) < 4.78 is 40.1. The lowest BCUT2D eigenvalue weighted by Gasteiger charge is -2.26. The van der Waals surface area contributed by atoms with E-state index in [-0.39, 0.29) is 50.0 Å². The molecule has 16 heteroatoms. The van der Waals surface area contributed by atoms with Crippen LogP contribution in [0, 0.1) is 19.8 Å². The van der Waals surface area contributed by atoms with Crippen molar-refractivity contribution in [2.45, 2.75) is 95.6 Å². The Bertz CT molecular complexity index is 1900. The van der Waals surface area contributed by atoms with Crippen molar-refractivity contribution in [1.29, 1.82) is 0 Å². The first-order valence-corrected chi connectivity index (χ1v) is 18.7. The van der Waals surface area contributed by atoms with Gasteiger partial charge in [0.05, 0.1) is 24.1 Å². The number of hydrogen-bond acceptors (Lipinski definition) is 8. The molecule has 0 aromatic heterocycles. The number of nitrogens with one attached hydrogen (secondary N) is 4. The molecule has 0 aliphatic carbocycles. The Morgan fingerprint density at radius 2 is 1.51 bits per heavy atom. The van der Waals surface area contributed by atoms with Crippen molar-refractivity contribution in [2.75, 3.05) is 6.54 Å². The van der Waals surface area contributed by atoms with Crippen LogP contribution in [0.2, 0.25) is 0 Å². The van der Waals surface area contributed by atoms with Crippen molar-refractivity contribution < 1.29 is 47.0 Å². The zero-order valence-electron chi connectivity index (χ0n) is 31.8. The molecule has 3 aromatic rings. The normalized spacial score (nSPS) is 21.0. The van der Waals surface area contributed by atoms with Gasteiger partial charge in [-0.15, -0.1) is 0 Å². The summed E-state index contributed by atoms with van der Waals surface area (Å²) in [5.41, 5.74) is 14.0. The molecule has 5 atom stereocenters. The van der Waals surface area contributed by atoms with Crippen LogP contribution in [0.4, 0.5) is 13.2 Å². The SMILES string of the molecule is Cc1cc(O)cc(C)c1C[C@H](N)C(=O)N[C@@H]1CCCCNC(=O)C[C@@H](C(N)=O)NC(=O)[C@@H](Cc2ccccc2)CC(=O)[C@H](Cc2ccc(C(F)(F)F)cc2)NC1=O. The minimum absolute atomic E-state index is 0.00753. The van der Waals surface area contributed by atoms with E-state index < -0.39 is 90.0 Å². The third-order valence-electron chi connectivity index (χ3n) is 9.94. The van der Waals surface area contributed by atoms with Crippen LogP contribution >= 0.6 is 0 Å². The van der Waals surface area contributed by atoms with Crippen molar-refractivity contribution in [1.82, 2.24) is 21.3 Å². The maximum atomic E-state index is 14.2. The van der Waals surface area contributed by atoms with Crippen LogP contribution in [0.25, 0.3) is 0 Å². The number of aryl methyl sites for hydroxylation is 2. The topological polar surface area (TPSA) is 223 Å². The lowest BCUT2D eigenvalue weighted by atomic mass is 9.89. The Labute approximate surface area is 328 Å². The molecule has 5 amide bonds. The van der Waals surface area contributed by atoms with Gasteiger partial charge in [0, 0.05) is 18.9 Å². The quantitative estimate of drug-likeness (QED) is 0.170. The third kappa shape index (κ3) is 13.2. The predicted octanol–water partition coefficient (Wildman–Crippen LogP) is 2.59. The minimum atomic E-state index is -4.61. The zero-order chi connectivity index (χ0) is 41.9. The number of amides is 5. The monoisotopic (exact) mass is 794 g/mol. The second-order valence-electron chi connectivity index (χ2n) is 14.5. The highest BCUT2D eigenvalue weighted by atomic mass is 19.4. The number of primary amides is 1. The molecule has 9 N–H and O–H groups in total. The second-order valence-corrected chi connectivity index (χ2v) is 14.5.